The van der Waals surface area contributed by atoms with Gasteiger partial charge >= 0.3 is 0 Å². The minimum atomic E-state index is -3.78. The van der Waals surface area contributed by atoms with Crippen molar-refractivity contribution < 1.29 is 17.9 Å². The van der Waals surface area contributed by atoms with Crippen molar-refractivity contribution in [3.8, 4) is 11.8 Å². The van der Waals surface area contributed by atoms with Gasteiger partial charge in [0, 0.05) is 18.7 Å². The Balaban J connectivity index is 2.33. The van der Waals surface area contributed by atoms with E-state index in [1.807, 2.05) is 6.92 Å². The van der Waals surface area contributed by atoms with Crippen LogP contribution in [-0.4, -0.2) is 37.5 Å². The molecule has 1 aromatic rings. The van der Waals surface area contributed by atoms with Crippen molar-refractivity contribution in [1.82, 2.24) is 4.31 Å². The number of rotatable bonds is 2. The van der Waals surface area contributed by atoms with Crippen LogP contribution in [0.25, 0.3) is 0 Å². The van der Waals surface area contributed by atoms with Crippen molar-refractivity contribution in [2.45, 2.75) is 18.2 Å². The largest absolute Gasteiger partial charge is 0.384 e. The fraction of sp³-hybridized carbons (Fsp3) is 0.429. The van der Waals surface area contributed by atoms with Gasteiger partial charge in [-0.2, -0.15) is 4.31 Å². The summed E-state index contributed by atoms with van der Waals surface area (Å²) in [6, 6.07) is 3.75. The monoisotopic (exact) mass is 297 g/mol. The predicted octanol–water partition coefficient (Wildman–Crippen LogP) is 1.20. The number of halogens is 1. The maximum absolute atomic E-state index is 14.0. The quantitative estimate of drug-likeness (QED) is 0.835. The molecule has 108 valence electrons. The third-order valence-electron chi connectivity index (χ3n) is 3.25. The van der Waals surface area contributed by atoms with Crippen LogP contribution in [0.1, 0.15) is 18.9 Å². The minimum absolute atomic E-state index is 0.294. The Hall–Kier alpha value is -1.42. The van der Waals surface area contributed by atoms with Crippen LogP contribution in [0.3, 0.4) is 0 Å². The van der Waals surface area contributed by atoms with E-state index in [1.54, 1.807) is 0 Å². The molecule has 4 nitrogen and oxygen atoms in total. The topological polar surface area (TPSA) is 57.6 Å². The molecule has 0 aliphatic carbocycles. The molecule has 1 unspecified atom stereocenters. The molecule has 1 N–H and O–H groups in total. The number of aliphatic hydroxyl groups is 1. The predicted molar refractivity (Wildman–Crippen MR) is 72.9 cm³/mol. The van der Waals surface area contributed by atoms with Crippen molar-refractivity contribution in [3.63, 3.8) is 0 Å². The van der Waals surface area contributed by atoms with Crippen molar-refractivity contribution in [2.24, 2.45) is 5.92 Å². The Morgan fingerprint density at radius 1 is 1.50 bits per heavy atom. The SMILES string of the molecule is CC1CCN(S(=O)(=O)c2ccc(C#CCO)cc2F)C1. The van der Waals surface area contributed by atoms with Gasteiger partial charge in [-0.15, -0.1) is 0 Å². The Morgan fingerprint density at radius 3 is 2.80 bits per heavy atom. The average Bonchev–Trinajstić information content (AvgIpc) is 2.83. The van der Waals surface area contributed by atoms with Gasteiger partial charge in [0.15, 0.2) is 0 Å². The Bertz CT molecular complexity index is 661. The summed E-state index contributed by atoms with van der Waals surface area (Å²) in [5.74, 6) is 4.42. The molecular weight excluding hydrogens is 281 g/mol. The molecule has 1 aliphatic rings. The summed E-state index contributed by atoms with van der Waals surface area (Å²) >= 11 is 0. The minimum Gasteiger partial charge on any atom is -0.384 e. The molecule has 1 heterocycles. The average molecular weight is 297 g/mol. The zero-order valence-electron chi connectivity index (χ0n) is 11.1. The van der Waals surface area contributed by atoms with Crippen LogP contribution >= 0.6 is 0 Å². The number of benzene rings is 1. The molecule has 1 saturated heterocycles. The summed E-state index contributed by atoms with van der Waals surface area (Å²) in [6.45, 7) is 2.50. The maximum Gasteiger partial charge on any atom is 0.245 e. The van der Waals surface area contributed by atoms with Gasteiger partial charge in [-0.3, -0.25) is 0 Å². The van der Waals surface area contributed by atoms with Crippen LogP contribution in [-0.2, 0) is 10.0 Å². The first-order chi connectivity index (χ1) is 9.45. The van der Waals surface area contributed by atoms with Crippen LogP contribution in [0.5, 0.6) is 0 Å². The molecule has 1 fully saturated rings. The van der Waals surface area contributed by atoms with Gasteiger partial charge in [0.25, 0.3) is 0 Å². The van der Waals surface area contributed by atoms with E-state index < -0.39 is 15.8 Å². The van der Waals surface area contributed by atoms with Crippen molar-refractivity contribution in [3.05, 3.63) is 29.6 Å². The van der Waals surface area contributed by atoms with Gasteiger partial charge in [0.2, 0.25) is 10.0 Å². The summed E-state index contributed by atoms with van der Waals surface area (Å²) < 4.78 is 40.0. The van der Waals surface area contributed by atoms with Gasteiger partial charge in [0.05, 0.1) is 0 Å². The number of nitrogens with zero attached hydrogens (tertiary/aromatic N) is 1. The van der Waals surface area contributed by atoms with Gasteiger partial charge in [-0.25, -0.2) is 12.8 Å². The maximum atomic E-state index is 14.0. The van der Waals surface area contributed by atoms with Gasteiger partial charge in [0.1, 0.15) is 17.3 Å². The fourth-order valence-corrected chi connectivity index (χ4v) is 3.80. The molecule has 0 radical (unpaired) electrons. The van der Waals surface area contributed by atoms with Gasteiger partial charge in [-0.05, 0) is 30.5 Å². The molecule has 0 saturated carbocycles. The standard InChI is InChI=1S/C14H16FNO3S/c1-11-6-7-16(10-11)20(18,19)14-5-4-12(3-2-8-17)9-13(14)15/h4-5,9,11,17H,6-8,10H2,1H3. The number of sulfonamides is 1. The zero-order valence-corrected chi connectivity index (χ0v) is 12.0. The van der Waals surface area contributed by atoms with Crippen LogP contribution in [0, 0.1) is 23.6 Å². The number of aliphatic hydroxyl groups excluding tert-OH is 1. The highest BCUT2D eigenvalue weighted by atomic mass is 32.2. The van der Waals surface area contributed by atoms with E-state index in [1.165, 1.54) is 16.4 Å². The number of hydrogen-bond acceptors (Lipinski definition) is 3. The molecule has 0 bridgehead atoms. The van der Waals surface area contributed by atoms with E-state index in [4.69, 9.17) is 5.11 Å². The van der Waals surface area contributed by atoms with E-state index in [2.05, 4.69) is 11.8 Å². The molecule has 6 heteroatoms. The second-order valence-electron chi connectivity index (χ2n) is 4.86. The van der Waals surface area contributed by atoms with E-state index in [9.17, 15) is 12.8 Å². The Kier molecular flexibility index (Phi) is 4.43. The summed E-state index contributed by atoms with van der Waals surface area (Å²) in [7, 11) is -3.78. The second-order valence-corrected chi connectivity index (χ2v) is 6.77. The summed E-state index contributed by atoms with van der Waals surface area (Å²) in [4.78, 5) is -0.318. The summed E-state index contributed by atoms with van der Waals surface area (Å²) in [6.07, 6.45) is 0.793. The lowest BCUT2D eigenvalue weighted by Crippen LogP contribution is -2.29. The van der Waals surface area contributed by atoms with Crippen molar-refractivity contribution in [1.29, 1.82) is 0 Å². The summed E-state index contributed by atoms with van der Waals surface area (Å²) in [5, 5.41) is 8.58. The highest BCUT2D eigenvalue weighted by Gasteiger charge is 2.32. The third-order valence-corrected chi connectivity index (χ3v) is 5.15. The second kappa shape index (κ2) is 5.92. The first-order valence-electron chi connectivity index (χ1n) is 6.34. The highest BCUT2D eigenvalue weighted by molar-refractivity contribution is 7.89. The third kappa shape index (κ3) is 3.01. The fourth-order valence-electron chi connectivity index (χ4n) is 2.18. The Morgan fingerprint density at radius 2 is 2.25 bits per heavy atom. The van der Waals surface area contributed by atoms with E-state index in [0.717, 1.165) is 12.5 Å². The van der Waals surface area contributed by atoms with Crippen LogP contribution < -0.4 is 0 Å². The molecule has 20 heavy (non-hydrogen) atoms. The molecule has 0 spiro atoms. The highest BCUT2D eigenvalue weighted by Crippen LogP contribution is 2.25. The van der Waals surface area contributed by atoms with Gasteiger partial charge < -0.3 is 5.11 Å². The molecular formula is C14H16FNO3S. The first kappa shape index (κ1) is 15.0. The van der Waals surface area contributed by atoms with Crippen LogP contribution in [0.2, 0.25) is 0 Å². The Labute approximate surface area is 118 Å². The van der Waals surface area contributed by atoms with Gasteiger partial charge in [-0.1, -0.05) is 18.8 Å². The lowest BCUT2D eigenvalue weighted by Gasteiger charge is -2.16. The summed E-state index contributed by atoms with van der Waals surface area (Å²) in [5.41, 5.74) is 0.338. The molecule has 1 aliphatic heterocycles. The molecule has 1 aromatic carbocycles. The first-order valence-corrected chi connectivity index (χ1v) is 7.78. The smallest absolute Gasteiger partial charge is 0.245 e. The lowest BCUT2D eigenvalue weighted by atomic mass is 10.2. The molecule has 1 atom stereocenters. The van der Waals surface area contributed by atoms with Crippen molar-refractivity contribution in [2.75, 3.05) is 19.7 Å². The van der Waals surface area contributed by atoms with Crippen LogP contribution in [0.4, 0.5) is 4.39 Å². The lowest BCUT2D eigenvalue weighted by molar-refractivity contribution is 0.350. The van der Waals surface area contributed by atoms with E-state index in [0.29, 0.717) is 24.6 Å². The number of hydrogen-bond donors (Lipinski definition) is 1. The van der Waals surface area contributed by atoms with Crippen molar-refractivity contribution >= 4 is 10.0 Å². The normalized spacial score (nSPS) is 19.6. The van der Waals surface area contributed by atoms with E-state index in [-0.39, 0.29) is 11.5 Å². The molecule has 0 amide bonds. The van der Waals surface area contributed by atoms with Crippen LogP contribution in [0.15, 0.2) is 23.1 Å². The molecule has 2 rings (SSSR count). The van der Waals surface area contributed by atoms with E-state index >= 15 is 0 Å². The zero-order chi connectivity index (χ0) is 14.8. The molecule has 0 aromatic heterocycles.